The lowest BCUT2D eigenvalue weighted by molar-refractivity contribution is -0.743. The molecule has 2 heteroatoms. The van der Waals surface area contributed by atoms with Crippen LogP contribution in [-0.4, -0.2) is 11.5 Å². The van der Waals surface area contributed by atoms with Crippen LogP contribution >= 0.6 is 0 Å². The smallest absolute Gasteiger partial charge is 0.137 e. The molecule has 0 radical (unpaired) electrons. The summed E-state index contributed by atoms with van der Waals surface area (Å²) in [7, 11) is 0. The molecule has 4 rings (SSSR count). The number of nitrogens with two attached hydrogens (primary N) is 1. The average molecular weight is 241 g/mol. The molecule has 0 amide bonds. The number of rotatable bonds is 0. The van der Waals surface area contributed by atoms with E-state index in [9.17, 15) is 0 Å². The second-order valence-electron chi connectivity index (χ2n) is 5.98. The van der Waals surface area contributed by atoms with Gasteiger partial charge in [0.05, 0.1) is 12.2 Å². The molecule has 1 spiro atoms. The van der Waals surface area contributed by atoms with Crippen LogP contribution in [0.4, 0.5) is 0 Å². The lowest BCUT2D eigenvalue weighted by Crippen LogP contribution is -2.97. The molecule has 2 heterocycles. The van der Waals surface area contributed by atoms with Crippen molar-refractivity contribution in [2.45, 2.75) is 44.1 Å². The van der Waals surface area contributed by atoms with Crippen molar-refractivity contribution in [2.24, 2.45) is 0 Å². The van der Waals surface area contributed by atoms with Gasteiger partial charge in [-0.3, -0.25) is 0 Å². The number of benzene rings is 1. The highest BCUT2D eigenvalue weighted by atomic mass is 15.0. The Labute approximate surface area is 108 Å². The molecule has 1 aromatic carbocycles. The molecule has 0 saturated heterocycles. The normalized spacial score (nSPS) is 22.2. The summed E-state index contributed by atoms with van der Waals surface area (Å²) < 4.78 is 0. The van der Waals surface area contributed by atoms with Crippen molar-refractivity contribution < 1.29 is 5.32 Å². The maximum atomic E-state index is 3.75. The van der Waals surface area contributed by atoms with Crippen LogP contribution in [0.1, 0.15) is 43.4 Å². The molecule has 3 N–H and O–H groups in total. The minimum Gasteiger partial charge on any atom is -0.353 e. The zero-order valence-corrected chi connectivity index (χ0v) is 10.8. The first-order valence-corrected chi connectivity index (χ1v) is 7.33. The summed E-state index contributed by atoms with van der Waals surface area (Å²) >= 11 is 0. The van der Waals surface area contributed by atoms with Crippen molar-refractivity contribution >= 4 is 10.9 Å². The van der Waals surface area contributed by atoms with Gasteiger partial charge in [0.2, 0.25) is 0 Å². The highest BCUT2D eigenvalue weighted by Gasteiger charge is 2.43. The summed E-state index contributed by atoms with van der Waals surface area (Å²) in [6.45, 7) is 1.26. The van der Waals surface area contributed by atoms with Gasteiger partial charge in [0.25, 0.3) is 0 Å². The van der Waals surface area contributed by atoms with Gasteiger partial charge in [0.1, 0.15) is 5.54 Å². The molecule has 2 aromatic rings. The molecule has 0 bridgehead atoms. The first-order chi connectivity index (χ1) is 8.89. The molecule has 1 saturated carbocycles. The van der Waals surface area contributed by atoms with Crippen molar-refractivity contribution in [3.8, 4) is 0 Å². The lowest BCUT2D eigenvalue weighted by atomic mass is 9.75. The molecule has 2 aliphatic rings. The van der Waals surface area contributed by atoms with Crippen LogP contribution < -0.4 is 5.32 Å². The average Bonchev–Trinajstić information content (AvgIpc) is 2.81. The molecule has 1 aromatic heterocycles. The van der Waals surface area contributed by atoms with Crippen molar-refractivity contribution in [1.82, 2.24) is 4.98 Å². The number of para-hydroxylation sites is 1. The quantitative estimate of drug-likeness (QED) is 0.710. The van der Waals surface area contributed by atoms with Gasteiger partial charge in [-0.1, -0.05) is 24.6 Å². The van der Waals surface area contributed by atoms with Gasteiger partial charge in [-0.05, 0) is 24.5 Å². The summed E-state index contributed by atoms with van der Waals surface area (Å²) in [5.74, 6) is 0. The second kappa shape index (κ2) is 3.86. The summed E-state index contributed by atoms with van der Waals surface area (Å²) in [6, 6.07) is 8.82. The van der Waals surface area contributed by atoms with Crippen LogP contribution in [0.5, 0.6) is 0 Å². The maximum Gasteiger partial charge on any atom is 0.137 e. The number of quaternary nitrogens is 1. The lowest BCUT2D eigenvalue weighted by Gasteiger charge is -2.37. The summed E-state index contributed by atoms with van der Waals surface area (Å²) in [5, 5.41) is 4.08. The Morgan fingerprint density at radius 3 is 2.78 bits per heavy atom. The fourth-order valence-corrected chi connectivity index (χ4v) is 4.12. The van der Waals surface area contributed by atoms with Crippen LogP contribution in [0.25, 0.3) is 10.9 Å². The van der Waals surface area contributed by atoms with Crippen LogP contribution in [0.2, 0.25) is 0 Å². The van der Waals surface area contributed by atoms with E-state index in [-0.39, 0.29) is 0 Å². The van der Waals surface area contributed by atoms with E-state index >= 15 is 0 Å². The molecule has 1 aliphatic carbocycles. The molecular formula is C16H21N2+. The molecule has 0 unspecified atom stereocenters. The first kappa shape index (κ1) is 10.6. The van der Waals surface area contributed by atoms with Gasteiger partial charge in [-0.15, -0.1) is 0 Å². The maximum absolute atomic E-state index is 3.75. The Balaban J connectivity index is 1.93. The predicted molar refractivity (Wildman–Crippen MR) is 73.6 cm³/mol. The highest BCUT2D eigenvalue weighted by molar-refractivity contribution is 5.85. The van der Waals surface area contributed by atoms with Crippen molar-refractivity contribution in [3.63, 3.8) is 0 Å². The molecule has 2 nitrogen and oxygen atoms in total. The van der Waals surface area contributed by atoms with E-state index in [1.165, 1.54) is 56.0 Å². The van der Waals surface area contributed by atoms with Crippen molar-refractivity contribution in [1.29, 1.82) is 0 Å². The van der Waals surface area contributed by atoms with Gasteiger partial charge < -0.3 is 10.3 Å². The second-order valence-corrected chi connectivity index (χ2v) is 5.98. The molecule has 0 atom stereocenters. The Kier molecular flexibility index (Phi) is 2.28. The number of hydrogen-bond acceptors (Lipinski definition) is 0. The van der Waals surface area contributed by atoms with E-state index < -0.39 is 0 Å². The number of aromatic nitrogens is 1. The third kappa shape index (κ3) is 1.39. The third-order valence-corrected chi connectivity index (χ3v) is 4.99. The zero-order valence-electron chi connectivity index (χ0n) is 10.8. The number of aromatic amines is 1. The van der Waals surface area contributed by atoms with E-state index in [0.717, 1.165) is 0 Å². The summed E-state index contributed by atoms with van der Waals surface area (Å²) in [4.78, 5) is 3.75. The van der Waals surface area contributed by atoms with Gasteiger partial charge in [-0.25, -0.2) is 0 Å². The van der Waals surface area contributed by atoms with Gasteiger partial charge >= 0.3 is 0 Å². The summed E-state index contributed by atoms with van der Waals surface area (Å²) in [6.07, 6.45) is 8.14. The molecule has 18 heavy (non-hydrogen) atoms. The Morgan fingerprint density at radius 1 is 1.06 bits per heavy atom. The number of H-pyrrole nitrogens is 1. The molecular weight excluding hydrogens is 220 g/mol. The van der Waals surface area contributed by atoms with Crippen LogP contribution in [0.3, 0.4) is 0 Å². The Hall–Kier alpha value is -1.28. The van der Waals surface area contributed by atoms with E-state index in [1.54, 1.807) is 11.3 Å². The topological polar surface area (TPSA) is 32.4 Å². The largest absolute Gasteiger partial charge is 0.353 e. The standard InChI is InChI=1S/C16H20N2/c1-4-9-16(10-5-1)15-13(8-11-17-16)12-6-2-3-7-14(12)18-15/h2-3,6-7,17-18H,1,4-5,8-11H2/p+1. The van der Waals surface area contributed by atoms with Crippen molar-refractivity contribution in [2.75, 3.05) is 6.54 Å². The van der Waals surface area contributed by atoms with E-state index in [4.69, 9.17) is 0 Å². The Bertz CT molecular complexity index is 576. The predicted octanol–water partition coefficient (Wildman–Crippen LogP) is 2.45. The third-order valence-electron chi connectivity index (χ3n) is 4.99. The molecule has 1 aliphatic heterocycles. The van der Waals surface area contributed by atoms with Crippen LogP contribution in [0.15, 0.2) is 24.3 Å². The minimum absolute atomic E-state index is 0.380. The van der Waals surface area contributed by atoms with Crippen LogP contribution in [0, 0.1) is 0 Å². The number of hydrogen-bond donors (Lipinski definition) is 2. The number of fused-ring (bicyclic) bond motifs is 4. The van der Waals surface area contributed by atoms with Crippen LogP contribution in [-0.2, 0) is 12.0 Å². The van der Waals surface area contributed by atoms with Gasteiger partial charge in [-0.2, -0.15) is 0 Å². The fourth-order valence-electron chi connectivity index (χ4n) is 4.12. The van der Waals surface area contributed by atoms with Gasteiger partial charge in [0, 0.05) is 30.2 Å². The number of nitrogens with one attached hydrogen (secondary N) is 1. The zero-order chi connectivity index (χ0) is 12.0. The van der Waals surface area contributed by atoms with Gasteiger partial charge in [0.15, 0.2) is 0 Å². The monoisotopic (exact) mass is 241 g/mol. The van der Waals surface area contributed by atoms with E-state index in [0.29, 0.717) is 5.54 Å². The summed E-state index contributed by atoms with van der Waals surface area (Å²) in [5.41, 5.74) is 4.87. The Morgan fingerprint density at radius 2 is 1.89 bits per heavy atom. The van der Waals surface area contributed by atoms with E-state index in [2.05, 4.69) is 34.6 Å². The fraction of sp³-hybridized carbons (Fsp3) is 0.500. The highest BCUT2D eigenvalue weighted by Crippen LogP contribution is 2.39. The SMILES string of the molecule is c1ccc2c3c([nH]c2c1)C1(CCCCC1)[NH2+]CC3. The van der Waals surface area contributed by atoms with Crippen molar-refractivity contribution in [3.05, 3.63) is 35.5 Å². The van der Waals surface area contributed by atoms with E-state index in [1.807, 2.05) is 0 Å². The molecule has 1 fully saturated rings. The minimum atomic E-state index is 0.380. The first-order valence-electron chi connectivity index (χ1n) is 7.33. The molecule has 94 valence electrons.